The molecule has 2 nitrogen and oxygen atoms in total. The van der Waals surface area contributed by atoms with Gasteiger partial charge in [-0.2, -0.15) is 0 Å². The summed E-state index contributed by atoms with van der Waals surface area (Å²) in [6.45, 7) is 0. The van der Waals surface area contributed by atoms with Gasteiger partial charge in [-0.25, -0.2) is 0 Å². The van der Waals surface area contributed by atoms with E-state index in [0.717, 1.165) is 11.4 Å². The van der Waals surface area contributed by atoms with E-state index in [2.05, 4.69) is 12.2 Å². The highest BCUT2D eigenvalue weighted by molar-refractivity contribution is 5.26. The molecule has 0 saturated heterocycles. The van der Waals surface area contributed by atoms with E-state index in [1.54, 1.807) is 0 Å². The quantitative estimate of drug-likeness (QED) is 0.718. The maximum atomic E-state index is 6.04. The van der Waals surface area contributed by atoms with Crippen LogP contribution in [0.5, 0.6) is 0 Å². The molecule has 0 spiro atoms. The van der Waals surface area contributed by atoms with E-state index >= 15 is 0 Å². The van der Waals surface area contributed by atoms with E-state index in [4.69, 9.17) is 11.5 Å². The van der Waals surface area contributed by atoms with Crippen molar-refractivity contribution in [3.8, 4) is 0 Å². The predicted octanol–water partition coefficient (Wildman–Crippen LogP) is 3.05. The minimum absolute atomic E-state index is 0.676. The molecule has 2 fully saturated rings. The fourth-order valence-electron chi connectivity index (χ4n) is 2.95. The first kappa shape index (κ1) is 11.6. The van der Waals surface area contributed by atoms with E-state index in [1.165, 1.54) is 51.4 Å². The first-order chi connectivity index (χ1) is 7.75. The van der Waals surface area contributed by atoms with E-state index in [9.17, 15) is 0 Å². The lowest BCUT2D eigenvalue weighted by molar-refractivity contribution is 0.671. The van der Waals surface area contributed by atoms with Crippen molar-refractivity contribution in [1.82, 2.24) is 0 Å². The summed E-state index contributed by atoms with van der Waals surface area (Å²) >= 11 is 0. The Morgan fingerprint density at radius 1 is 0.688 bits per heavy atom. The Balaban J connectivity index is 1.93. The van der Waals surface area contributed by atoms with E-state index < -0.39 is 0 Å². The van der Waals surface area contributed by atoms with E-state index in [1.807, 2.05) is 0 Å². The van der Waals surface area contributed by atoms with Crippen molar-refractivity contribution >= 4 is 0 Å². The number of hydrogen-bond donors (Lipinski definition) is 2. The maximum absolute atomic E-state index is 6.04. The van der Waals surface area contributed by atoms with Crippen molar-refractivity contribution in [3.63, 3.8) is 0 Å². The maximum Gasteiger partial charge on any atom is 0.0506 e. The molecule has 0 radical (unpaired) electrons. The van der Waals surface area contributed by atoms with Gasteiger partial charge in [0.2, 0.25) is 0 Å². The second-order valence-corrected chi connectivity index (χ2v) is 5.33. The van der Waals surface area contributed by atoms with Gasteiger partial charge >= 0.3 is 0 Å². The summed E-state index contributed by atoms with van der Waals surface area (Å²) in [5, 5.41) is 0. The molecule has 2 rings (SSSR count). The largest absolute Gasteiger partial charge is 0.397 e. The Hall–Kier alpha value is -0.920. The van der Waals surface area contributed by atoms with Gasteiger partial charge in [0.25, 0.3) is 0 Å². The number of nitrogens with two attached hydrogens (primary N) is 2. The molecule has 0 unspecified atom stereocenters. The lowest BCUT2D eigenvalue weighted by atomic mass is 10.0. The highest BCUT2D eigenvalue weighted by Crippen LogP contribution is 2.28. The molecule has 2 saturated carbocycles. The Kier molecular flexibility index (Phi) is 3.92. The van der Waals surface area contributed by atoms with Gasteiger partial charge in [-0.1, -0.05) is 37.8 Å². The minimum Gasteiger partial charge on any atom is -0.397 e. The van der Waals surface area contributed by atoms with Crippen molar-refractivity contribution in [2.75, 3.05) is 0 Å². The molecule has 2 heteroatoms. The molecule has 16 heavy (non-hydrogen) atoms. The summed E-state index contributed by atoms with van der Waals surface area (Å²) in [6, 6.07) is 0. The van der Waals surface area contributed by atoms with Gasteiger partial charge in [0.15, 0.2) is 0 Å². The third-order valence-electron chi connectivity index (χ3n) is 3.96. The molecule has 4 N–H and O–H groups in total. The van der Waals surface area contributed by atoms with Crippen LogP contribution in [-0.4, -0.2) is 0 Å². The standard InChI is InChI=1S/C14H24N2/c15-13(9-11-5-1-2-6-11)14(16)10-12-7-3-4-8-12/h9-12H,1-8,15-16H2. The van der Waals surface area contributed by atoms with E-state index in [0.29, 0.717) is 11.8 Å². The van der Waals surface area contributed by atoms with Crippen molar-refractivity contribution in [1.29, 1.82) is 0 Å². The summed E-state index contributed by atoms with van der Waals surface area (Å²) in [4.78, 5) is 0. The summed E-state index contributed by atoms with van der Waals surface area (Å²) in [5.41, 5.74) is 13.7. The molecular formula is C14H24N2. The fourth-order valence-corrected chi connectivity index (χ4v) is 2.95. The monoisotopic (exact) mass is 220 g/mol. The second-order valence-electron chi connectivity index (χ2n) is 5.33. The van der Waals surface area contributed by atoms with Gasteiger partial charge in [0.1, 0.15) is 0 Å². The van der Waals surface area contributed by atoms with Crippen LogP contribution in [0.2, 0.25) is 0 Å². The van der Waals surface area contributed by atoms with Crippen molar-refractivity contribution < 1.29 is 0 Å². The summed E-state index contributed by atoms with van der Waals surface area (Å²) in [7, 11) is 0. The lowest BCUT2D eigenvalue weighted by Gasteiger charge is -2.09. The first-order valence-corrected chi connectivity index (χ1v) is 6.70. The number of rotatable bonds is 3. The molecule has 0 bridgehead atoms. The molecule has 0 aromatic rings. The molecule has 2 aliphatic carbocycles. The van der Waals surface area contributed by atoms with Crippen molar-refractivity contribution in [2.24, 2.45) is 23.3 Å². The van der Waals surface area contributed by atoms with Crippen LogP contribution in [0.4, 0.5) is 0 Å². The van der Waals surface area contributed by atoms with Gasteiger partial charge in [-0.05, 0) is 37.5 Å². The SMILES string of the molecule is NC(=CC1CCCC1)C(N)=CC1CCCC1. The zero-order chi connectivity index (χ0) is 11.4. The smallest absolute Gasteiger partial charge is 0.0506 e. The molecule has 0 aromatic heterocycles. The van der Waals surface area contributed by atoms with Gasteiger partial charge in [0.05, 0.1) is 11.4 Å². The highest BCUT2D eigenvalue weighted by atomic mass is 14.7. The van der Waals surface area contributed by atoms with Crippen LogP contribution < -0.4 is 11.5 Å². The van der Waals surface area contributed by atoms with Gasteiger partial charge < -0.3 is 11.5 Å². The molecular weight excluding hydrogens is 196 g/mol. The Morgan fingerprint density at radius 3 is 1.31 bits per heavy atom. The van der Waals surface area contributed by atoms with Crippen LogP contribution in [0.1, 0.15) is 51.4 Å². The van der Waals surface area contributed by atoms with Crippen LogP contribution in [-0.2, 0) is 0 Å². The first-order valence-electron chi connectivity index (χ1n) is 6.70. The lowest BCUT2D eigenvalue weighted by Crippen LogP contribution is -2.12. The highest BCUT2D eigenvalue weighted by Gasteiger charge is 2.15. The Morgan fingerprint density at radius 2 is 1.00 bits per heavy atom. The molecule has 0 amide bonds. The number of hydrogen-bond acceptors (Lipinski definition) is 2. The summed E-state index contributed by atoms with van der Waals surface area (Å²) in [5.74, 6) is 1.35. The molecule has 90 valence electrons. The van der Waals surface area contributed by atoms with Gasteiger partial charge in [-0.15, -0.1) is 0 Å². The number of allylic oxidation sites excluding steroid dienone is 2. The van der Waals surface area contributed by atoms with Crippen molar-refractivity contribution in [2.45, 2.75) is 51.4 Å². The Labute approximate surface area is 98.8 Å². The average molecular weight is 220 g/mol. The summed E-state index contributed by atoms with van der Waals surface area (Å²) < 4.78 is 0. The van der Waals surface area contributed by atoms with Crippen LogP contribution in [0.15, 0.2) is 23.5 Å². The molecule has 0 atom stereocenters. The minimum atomic E-state index is 0.676. The Bertz CT molecular complexity index is 249. The second kappa shape index (κ2) is 5.42. The normalized spacial score (nSPS) is 25.5. The van der Waals surface area contributed by atoms with Crippen LogP contribution in [0, 0.1) is 11.8 Å². The topological polar surface area (TPSA) is 52.0 Å². The van der Waals surface area contributed by atoms with Crippen LogP contribution in [0.3, 0.4) is 0 Å². The van der Waals surface area contributed by atoms with Gasteiger partial charge in [0, 0.05) is 0 Å². The van der Waals surface area contributed by atoms with Crippen molar-refractivity contribution in [3.05, 3.63) is 23.5 Å². The average Bonchev–Trinajstić information content (AvgIpc) is 2.90. The van der Waals surface area contributed by atoms with Crippen LogP contribution in [0.25, 0.3) is 0 Å². The van der Waals surface area contributed by atoms with E-state index in [-0.39, 0.29) is 0 Å². The molecule has 2 aliphatic rings. The molecule has 0 aliphatic heterocycles. The summed E-state index contributed by atoms with van der Waals surface area (Å²) in [6.07, 6.45) is 14.9. The van der Waals surface area contributed by atoms with Gasteiger partial charge in [-0.3, -0.25) is 0 Å². The van der Waals surface area contributed by atoms with Crippen LogP contribution >= 0.6 is 0 Å². The zero-order valence-corrected chi connectivity index (χ0v) is 10.1. The zero-order valence-electron chi connectivity index (χ0n) is 10.1. The third-order valence-corrected chi connectivity index (χ3v) is 3.96. The molecule has 0 heterocycles. The predicted molar refractivity (Wildman–Crippen MR) is 68.5 cm³/mol. The molecule has 0 aromatic carbocycles. The fraction of sp³-hybridized carbons (Fsp3) is 0.714. The third kappa shape index (κ3) is 3.03.